The maximum atomic E-state index is 13.6. The Morgan fingerprint density at radius 2 is 2.04 bits per heavy atom. The van der Waals surface area contributed by atoms with Crippen LogP contribution in [0.5, 0.6) is 0 Å². The zero-order valence-corrected chi connectivity index (χ0v) is 12.2. The number of amides is 1. The molecule has 118 valence electrons. The van der Waals surface area contributed by atoms with Crippen molar-refractivity contribution in [3.05, 3.63) is 60.1 Å². The number of carbonyl (C=O) groups excluding carboxylic acids is 1. The predicted molar refractivity (Wildman–Crippen MR) is 78.6 cm³/mol. The first-order valence-corrected chi connectivity index (χ1v) is 7.09. The van der Waals surface area contributed by atoms with E-state index in [0.29, 0.717) is 12.3 Å². The molecule has 0 spiro atoms. The summed E-state index contributed by atoms with van der Waals surface area (Å²) in [5, 5.41) is 10.4. The summed E-state index contributed by atoms with van der Waals surface area (Å²) in [5.41, 5.74) is 0.244. The summed E-state index contributed by atoms with van der Waals surface area (Å²) in [6.07, 6.45) is 2.02. The van der Waals surface area contributed by atoms with Crippen LogP contribution < -0.4 is 5.32 Å². The van der Waals surface area contributed by atoms with E-state index in [9.17, 15) is 9.18 Å². The Morgan fingerprint density at radius 3 is 2.83 bits per heavy atom. The maximum Gasteiger partial charge on any atom is 0.250 e. The molecule has 2 aromatic heterocycles. The van der Waals surface area contributed by atoms with Gasteiger partial charge >= 0.3 is 0 Å². The number of aryl methyl sites for hydroxylation is 1. The van der Waals surface area contributed by atoms with Gasteiger partial charge in [-0.25, -0.2) is 4.39 Å². The van der Waals surface area contributed by atoms with E-state index in [1.165, 1.54) is 6.07 Å². The van der Waals surface area contributed by atoms with E-state index >= 15 is 0 Å². The molecule has 7 heteroatoms. The van der Waals surface area contributed by atoms with Gasteiger partial charge in [-0.05, 0) is 24.3 Å². The SMILES string of the molecule is O=C(CCc1nnc(-c2ccccc2F)o1)NCc1ccco1. The molecule has 1 aromatic carbocycles. The number of benzene rings is 1. The van der Waals surface area contributed by atoms with Crippen molar-refractivity contribution >= 4 is 5.91 Å². The van der Waals surface area contributed by atoms with Gasteiger partial charge in [0.1, 0.15) is 11.6 Å². The molecule has 0 aliphatic rings. The van der Waals surface area contributed by atoms with Crippen LogP contribution in [0.15, 0.2) is 51.5 Å². The van der Waals surface area contributed by atoms with Crippen LogP contribution >= 0.6 is 0 Å². The number of halogens is 1. The van der Waals surface area contributed by atoms with Crippen LogP contribution in [0, 0.1) is 5.82 Å². The third-order valence-corrected chi connectivity index (χ3v) is 3.18. The van der Waals surface area contributed by atoms with E-state index in [-0.39, 0.29) is 36.1 Å². The monoisotopic (exact) mass is 315 g/mol. The first-order valence-electron chi connectivity index (χ1n) is 7.09. The highest BCUT2D eigenvalue weighted by Crippen LogP contribution is 2.21. The number of furan rings is 1. The van der Waals surface area contributed by atoms with Crippen molar-refractivity contribution in [2.45, 2.75) is 19.4 Å². The van der Waals surface area contributed by atoms with Crippen molar-refractivity contribution in [2.75, 3.05) is 0 Å². The van der Waals surface area contributed by atoms with Gasteiger partial charge < -0.3 is 14.2 Å². The summed E-state index contributed by atoms with van der Waals surface area (Å²) in [6, 6.07) is 9.68. The summed E-state index contributed by atoms with van der Waals surface area (Å²) >= 11 is 0. The molecule has 0 saturated heterocycles. The van der Waals surface area contributed by atoms with Crippen LogP contribution in [-0.2, 0) is 17.8 Å². The van der Waals surface area contributed by atoms with Crippen molar-refractivity contribution in [2.24, 2.45) is 0 Å². The van der Waals surface area contributed by atoms with E-state index in [4.69, 9.17) is 8.83 Å². The molecule has 0 atom stereocenters. The summed E-state index contributed by atoms with van der Waals surface area (Å²) < 4.78 is 24.1. The lowest BCUT2D eigenvalue weighted by atomic mass is 10.2. The summed E-state index contributed by atoms with van der Waals surface area (Å²) in [5.74, 6) is 0.481. The first-order chi connectivity index (χ1) is 11.2. The van der Waals surface area contributed by atoms with Crippen LogP contribution in [0.25, 0.3) is 11.5 Å². The number of hydrogen-bond acceptors (Lipinski definition) is 5. The Morgan fingerprint density at radius 1 is 1.17 bits per heavy atom. The smallest absolute Gasteiger partial charge is 0.250 e. The number of nitrogens with one attached hydrogen (secondary N) is 1. The third-order valence-electron chi connectivity index (χ3n) is 3.18. The van der Waals surface area contributed by atoms with Crippen molar-refractivity contribution < 1.29 is 18.0 Å². The van der Waals surface area contributed by atoms with Gasteiger partial charge in [-0.1, -0.05) is 12.1 Å². The molecule has 3 rings (SSSR count). The summed E-state index contributed by atoms with van der Waals surface area (Å²) in [4.78, 5) is 11.7. The van der Waals surface area contributed by atoms with Crippen LogP contribution in [0.2, 0.25) is 0 Å². The van der Waals surface area contributed by atoms with Crippen molar-refractivity contribution in [1.29, 1.82) is 0 Å². The Labute approximate surface area is 131 Å². The molecule has 2 heterocycles. The van der Waals surface area contributed by atoms with E-state index < -0.39 is 5.82 Å². The highest BCUT2D eigenvalue weighted by Gasteiger charge is 2.13. The fraction of sp³-hybridized carbons (Fsp3) is 0.188. The molecule has 0 bridgehead atoms. The second kappa shape index (κ2) is 6.87. The number of rotatable bonds is 6. The van der Waals surface area contributed by atoms with E-state index in [0.717, 1.165) is 0 Å². The van der Waals surface area contributed by atoms with Crippen LogP contribution in [-0.4, -0.2) is 16.1 Å². The van der Waals surface area contributed by atoms with Gasteiger partial charge in [0.25, 0.3) is 5.89 Å². The van der Waals surface area contributed by atoms with Gasteiger partial charge in [0.15, 0.2) is 0 Å². The Kier molecular flexibility index (Phi) is 4.46. The largest absolute Gasteiger partial charge is 0.467 e. The van der Waals surface area contributed by atoms with Crippen molar-refractivity contribution in [1.82, 2.24) is 15.5 Å². The van der Waals surface area contributed by atoms with E-state index in [1.807, 2.05) is 0 Å². The Balaban J connectivity index is 1.53. The maximum absolute atomic E-state index is 13.6. The molecule has 23 heavy (non-hydrogen) atoms. The minimum atomic E-state index is -0.432. The zero-order chi connectivity index (χ0) is 16.1. The number of hydrogen-bond donors (Lipinski definition) is 1. The van der Waals surface area contributed by atoms with Crippen LogP contribution in [0.3, 0.4) is 0 Å². The lowest BCUT2D eigenvalue weighted by molar-refractivity contribution is -0.121. The van der Waals surface area contributed by atoms with Gasteiger partial charge in [-0.15, -0.1) is 10.2 Å². The molecule has 0 saturated carbocycles. The number of aromatic nitrogens is 2. The second-order valence-corrected chi connectivity index (χ2v) is 4.84. The first kappa shape index (κ1) is 15.0. The zero-order valence-electron chi connectivity index (χ0n) is 12.2. The minimum Gasteiger partial charge on any atom is -0.467 e. The number of nitrogens with zero attached hydrogens (tertiary/aromatic N) is 2. The molecule has 0 aliphatic heterocycles. The molecule has 0 unspecified atom stereocenters. The fourth-order valence-corrected chi connectivity index (χ4v) is 2.01. The van der Waals surface area contributed by atoms with Gasteiger partial charge in [0, 0.05) is 12.8 Å². The third kappa shape index (κ3) is 3.82. The fourth-order valence-electron chi connectivity index (χ4n) is 2.01. The van der Waals surface area contributed by atoms with E-state index in [2.05, 4.69) is 15.5 Å². The quantitative estimate of drug-likeness (QED) is 0.756. The molecule has 0 aliphatic carbocycles. The topological polar surface area (TPSA) is 81.2 Å². The van der Waals surface area contributed by atoms with Gasteiger partial charge in [-0.2, -0.15) is 0 Å². The summed E-state index contributed by atoms with van der Waals surface area (Å²) in [6.45, 7) is 0.330. The average Bonchev–Trinajstić information content (AvgIpc) is 3.23. The molecule has 0 fully saturated rings. The Bertz CT molecular complexity index is 783. The lowest BCUT2D eigenvalue weighted by Gasteiger charge is -2.01. The lowest BCUT2D eigenvalue weighted by Crippen LogP contribution is -2.22. The second-order valence-electron chi connectivity index (χ2n) is 4.84. The van der Waals surface area contributed by atoms with Crippen molar-refractivity contribution in [3.8, 4) is 11.5 Å². The standard InChI is InChI=1S/C16H14FN3O3/c17-13-6-2-1-5-12(13)16-20-19-15(23-16)8-7-14(21)18-10-11-4-3-9-22-11/h1-6,9H,7-8,10H2,(H,18,21). The molecular weight excluding hydrogens is 301 g/mol. The molecule has 3 aromatic rings. The minimum absolute atomic E-state index is 0.106. The predicted octanol–water partition coefficient (Wildman–Crippen LogP) is 2.72. The molecule has 6 nitrogen and oxygen atoms in total. The van der Waals surface area contributed by atoms with Crippen LogP contribution in [0.4, 0.5) is 4.39 Å². The highest BCUT2D eigenvalue weighted by molar-refractivity contribution is 5.75. The van der Waals surface area contributed by atoms with Gasteiger partial charge in [0.2, 0.25) is 11.8 Å². The van der Waals surface area contributed by atoms with Crippen molar-refractivity contribution in [3.63, 3.8) is 0 Å². The Hall–Kier alpha value is -2.96. The molecule has 1 amide bonds. The van der Waals surface area contributed by atoms with Gasteiger partial charge in [0.05, 0.1) is 18.4 Å². The van der Waals surface area contributed by atoms with Crippen LogP contribution in [0.1, 0.15) is 18.1 Å². The number of carbonyl (C=O) groups is 1. The molecule has 1 N–H and O–H groups in total. The van der Waals surface area contributed by atoms with E-state index in [1.54, 1.807) is 36.6 Å². The van der Waals surface area contributed by atoms with Gasteiger partial charge in [-0.3, -0.25) is 4.79 Å². The molecule has 0 radical (unpaired) electrons. The normalized spacial score (nSPS) is 10.7. The average molecular weight is 315 g/mol. The summed E-state index contributed by atoms with van der Waals surface area (Å²) in [7, 11) is 0. The molecular formula is C16H14FN3O3. The highest BCUT2D eigenvalue weighted by atomic mass is 19.1.